The first-order valence-corrected chi connectivity index (χ1v) is 61.7. The highest BCUT2D eigenvalue weighted by Crippen LogP contribution is 2.54. The third kappa shape index (κ3) is 36.8. The van der Waals surface area contributed by atoms with E-state index in [9.17, 15) is 19.2 Å². The van der Waals surface area contributed by atoms with E-state index in [0.29, 0.717) is 103 Å². The number of carbonyl (C=O) groups excluding carboxylic acids is 4. The van der Waals surface area contributed by atoms with E-state index in [-0.39, 0.29) is 30.2 Å². The van der Waals surface area contributed by atoms with Crippen LogP contribution in [0.2, 0.25) is 0 Å². The molecule has 0 atom stereocenters. The number of likely N-dealkylation sites (tertiary alicyclic amines) is 9. The molecule has 18 heteroatoms. The van der Waals surface area contributed by atoms with Crippen molar-refractivity contribution in [2.45, 2.75) is 457 Å². The molecule has 0 N–H and O–H groups in total. The van der Waals surface area contributed by atoms with E-state index >= 15 is 0 Å². The molecule has 18 nitrogen and oxygen atoms in total. The van der Waals surface area contributed by atoms with Gasteiger partial charge in [0.15, 0.2) is 0 Å². The van der Waals surface area contributed by atoms with Gasteiger partial charge in [-0.2, -0.15) is 0 Å². The van der Waals surface area contributed by atoms with Crippen molar-refractivity contribution in [3.8, 4) is 0 Å². The van der Waals surface area contributed by atoms with Crippen molar-refractivity contribution < 1.29 is 28.7 Å². The van der Waals surface area contributed by atoms with Crippen molar-refractivity contribution in [3.63, 3.8) is 0 Å². The monoisotopic (exact) mass is 2060 g/mol. The van der Waals surface area contributed by atoms with Gasteiger partial charge in [0.25, 0.3) is 0 Å². The molecular weight excluding hydrogens is 1800 g/mol. The zero-order chi connectivity index (χ0) is 112. The number of hydrogen-bond donors (Lipinski definition) is 0. The Labute approximate surface area is 910 Å². The minimum Gasteiger partial charge on any atom is -0.383 e. The summed E-state index contributed by atoms with van der Waals surface area (Å²) in [5, 5.41) is 0. The first-order chi connectivity index (χ1) is 67.7. The molecule has 0 aromatic rings. The third-order valence-corrected chi connectivity index (χ3v) is 43.5. The van der Waals surface area contributed by atoms with Crippen LogP contribution in [0, 0.1) is 155 Å². The van der Waals surface area contributed by atoms with Gasteiger partial charge in [0, 0.05) is 117 Å². The van der Waals surface area contributed by atoms with Gasteiger partial charge in [0.05, 0.1) is 19.8 Å². The van der Waals surface area contributed by atoms with Crippen LogP contribution < -0.4 is 0 Å². The van der Waals surface area contributed by atoms with Crippen LogP contribution in [0.4, 0.5) is 14.4 Å². The lowest BCUT2D eigenvalue weighted by Crippen LogP contribution is -2.54. The van der Waals surface area contributed by atoms with Gasteiger partial charge in [-0.25, -0.2) is 14.4 Å². The van der Waals surface area contributed by atoms with Gasteiger partial charge >= 0.3 is 18.1 Å². The molecule has 11 fully saturated rings. The molecular formula is C128H256N12O6. The second-order valence-electron chi connectivity index (χ2n) is 56.4. The van der Waals surface area contributed by atoms with E-state index in [4.69, 9.17) is 9.47 Å². The highest BCUT2D eigenvalue weighted by Gasteiger charge is 2.50. The zero-order valence-corrected chi connectivity index (χ0v) is 107. The number of nitrogens with zero attached hydrogens (tertiary/aromatic N) is 12. The van der Waals surface area contributed by atoms with Gasteiger partial charge in [-0.05, 0) is 411 Å². The fraction of sp³-hybridized carbons (Fsp3) is 0.969. The molecule has 0 bridgehead atoms. The topological polar surface area (TPSA) is 126 Å². The summed E-state index contributed by atoms with van der Waals surface area (Å²) in [6, 6.07) is 2.10. The number of ether oxygens (including phenoxy) is 2. The summed E-state index contributed by atoms with van der Waals surface area (Å²) < 4.78 is 10.5. The molecule has 0 spiro atoms. The van der Waals surface area contributed by atoms with Gasteiger partial charge in [-0.1, -0.05) is 256 Å². The quantitative estimate of drug-likeness (QED) is 0.0769. The second kappa shape index (κ2) is 62.2. The second-order valence-corrected chi connectivity index (χ2v) is 56.4. The predicted octanol–water partition coefficient (Wildman–Crippen LogP) is 30.2. The van der Waals surface area contributed by atoms with Crippen LogP contribution in [0.5, 0.6) is 0 Å². The van der Waals surface area contributed by atoms with Crippen LogP contribution >= 0.6 is 0 Å². The van der Waals surface area contributed by atoms with Gasteiger partial charge in [-0.15, -0.1) is 0 Å². The van der Waals surface area contributed by atoms with Crippen molar-refractivity contribution in [2.24, 2.45) is 155 Å². The van der Waals surface area contributed by atoms with Crippen LogP contribution in [0.1, 0.15) is 433 Å². The van der Waals surface area contributed by atoms with Crippen LogP contribution in [0.25, 0.3) is 0 Å². The van der Waals surface area contributed by atoms with Crippen LogP contribution in [-0.4, -0.2) is 299 Å². The molecule has 10 heterocycles. The fourth-order valence-electron chi connectivity index (χ4n) is 30.3. The Bertz CT molecular complexity index is 3380. The number of rotatable bonds is 26. The Balaban J connectivity index is 0.000000424. The number of urea groups is 3. The maximum atomic E-state index is 12.8. The number of morpholine rings is 1. The summed E-state index contributed by atoms with van der Waals surface area (Å²) in [4.78, 5) is 74.5. The molecule has 0 aromatic carbocycles. The van der Waals surface area contributed by atoms with E-state index in [1.165, 1.54) is 162 Å². The Hall–Kier alpha value is -3.00. The van der Waals surface area contributed by atoms with Gasteiger partial charge in [0.2, 0.25) is 6.41 Å². The van der Waals surface area contributed by atoms with Crippen LogP contribution in [-0.2, 0) is 14.3 Å². The van der Waals surface area contributed by atoms with Gasteiger partial charge < -0.3 is 63.4 Å². The predicted molar refractivity (Wildman–Crippen MR) is 633 cm³/mol. The van der Waals surface area contributed by atoms with E-state index in [0.717, 1.165) is 201 Å². The number of amides is 7. The van der Waals surface area contributed by atoms with E-state index in [1.54, 1.807) is 12.0 Å². The fourth-order valence-corrected chi connectivity index (χ4v) is 30.3. The largest absolute Gasteiger partial charge is 0.383 e. The van der Waals surface area contributed by atoms with Gasteiger partial charge in [0.1, 0.15) is 0 Å². The van der Waals surface area contributed by atoms with Crippen molar-refractivity contribution in [3.05, 3.63) is 0 Å². The zero-order valence-electron chi connectivity index (χ0n) is 107. The Morgan fingerprint density at radius 3 is 0.795 bits per heavy atom. The summed E-state index contributed by atoms with van der Waals surface area (Å²) in [6.45, 7) is 129. The van der Waals surface area contributed by atoms with Crippen LogP contribution in [0.15, 0.2) is 0 Å². The Morgan fingerprint density at radius 2 is 0.555 bits per heavy atom. The molecule has 0 aromatic heterocycles. The lowest BCUT2D eigenvalue weighted by molar-refractivity contribution is -0.121. The molecule has 10 aliphatic heterocycles. The summed E-state index contributed by atoms with van der Waals surface area (Å²) in [7, 11) is 7.69. The summed E-state index contributed by atoms with van der Waals surface area (Å²) in [6.07, 6.45) is 27.0. The Morgan fingerprint density at radius 1 is 0.322 bits per heavy atom. The molecule has 146 heavy (non-hydrogen) atoms. The Kier molecular flexibility index (Phi) is 58.5. The summed E-state index contributed by atoms with van der Waals surface area (Å²) in [5.41, 5.74) is 5.05. The van der Waals surface area contributed by atoms with Crippen molar-refractivity contribution in [1.29, 1.82) is 0 Å². The van der Waals surface area contributed by atoms with Crippen molar-refractivity contribution in [1.82, 2.24) is 58.8 Å². The number of methoxy groups -OCH3 is 1. The van der Waals surface area contributed by atoms with Crippen molar-refractivity contribution in [2.75, 3.05) is 192 Å². The maximum Gasteiger partial charge on any atom is 0.320 e. The minimum absolute atomic E-state index is 0.158. The van der Waals surface area contributed by atoms with Crippen LogP contribution in [0.3, 0.4) is 0 Å². The number of carbonyl (C=O) groups is 4. The molecule has 0 unspecified atom stereocenters. The third-order valence-electron chi connectivity index (χ3n) is 43.5. The SMILES string of the molecule is CC(C)C1(C(C)C)CCN(C(=O)N(C)C)CC1.CC(C)C1(C(C)C)CCN(C(=O)N2CCOCC2)CC1.CC(C)C1(C(C)C)CCN(C(C)(C)C)CC1.CC(C)C1(C(C)C)CCN(C)CC1.CC(C)C1(C(C)C)CCN(C2CC2)CC1.CC(C)C1(C(C)C)CCN(C=O)CC1.CC(C)N(C(=O)N1CCC(C(C)C)(C(C)C)CC1)C(C)C.CCN1CCC(C(C)C)(C(C)C)CC1.COCCN1CCC(C(C)C)(C(C)C)CC1. The lowest BCUT2D eigenvalue weighted by Gasteiger charge is -2.50. The van der Waals surface area contributed by atoms with E-state index < -0.39 is 0 Å². The maximum absolute atomic E-state index is 12.8. The molecule has 10 saturated heterocycles. The van der Waals surface area contributed by atoms with Gasteiger partial charge in [-0.3, -0.25) is 9.69 Å². The molecule has 864 valence electrons. The van der Waals surface area contributed by atoms with E-state index in [2.05, 4.69) is 341 Å². The number of piperidine rings is 9. The minimum atomic E-state index is 0.158. The first kappa shape index (κ1) is 137. The van der Waals surface area contributed by atoms with E-state index in [1.807, 2.05) is 38.6 Å². The molecule has 1 aliphatic carbocycles. The molecule has 11 aliphatic rings. The normalized spacial score (nSPS) is 22.5. The standard InChI is InChI=1S/C18H36N2O.C16H30N2O2.C15H31N.C14H28N2O.C14H29NO.C14H27N.C13H27N.C12H23NO.C12H25N/c1-13(2)18(14(3)4)9-11-19(12-10-18)17(21)20(15(5)6)16(7)8;1-13(2)16(14(3)4)5-7-17(8-6-16)15(19)18-9-11-20-12-10-18;1-12(2)15(13(3)4)8-10-16(11-9-15)14(5,6)7;1-11(2)14(12(3)4)7-9-16(10-8-14)13(17)15(5)6;1-12(2)14(13(3)4)6-8-15(9-7-14)10-11-16-5;1-11(2)14(12(3)4)7-9-15(10-8-14)13-5-6-13;1-6-14-9-7-13(8-10-14,11(2)3)12(4)5;1-10(2)12(11(3)4)5-7-13(9-14)8-6-12;1-10(2)12(11(3)4)6-8-13(5)9-7-12/h13-16H,9-12H2,1-8H3;13-14H,5-12H2,1-4H3;12-13H,8-11H2,1-7H3;11-12H,7-10H2,1-6H3;12-13H,6-11H2,1-5H3;11-13H,5-10H2,1-4H3;11-12H,6-10H2,1-5H3;9-11H,5-8H2,1-4H3;10-11H,6-9H2,1-5H3. The summed E-state index contributed by atoms with van der Waals surface area (Å²) in [5.74, 6) is 13.8. The first-order valence-electron chi connectivity index (χ1n) is 61.7. The molecule has 1 saturated carbocycles. The summed E-state index contributed by atoms with van der Waals surface area (Å²) >= 11 is 0. The smallest absolute Gasteiger partial charge is 0.320 e. The molecule has 0 radical (unpaired) electrons. The average Bonchev–Trinajstić information content (AvgIpc) is 1.66. The highest BCUT2D eigenvalue weighted by atomic mass is 16.5. The lowest BCUT2D eigenvalue weighted by atomic mass is 9.63. The molecule has 11 rings (SSSR count). The number of hydrogen-bond acceptors (Lipinski definition) is 11. The highest BCUT2D eigenvalue weighted by molar-refractivity contribution is 5.76. The van der Waals surface area contributed by atoms with Crippen molar-refractivity contribution >= 4 is 24.5 Å². The molecule has 7 amide bonds. The average molecular weight is 2060 g/mol.